The zero-order chi connectivity index (χ0) is 13.8. The third-order valence-electron chi connectivity index (χ3n) is 2.25. The first kappa shape index (κ1) is 13.3. The van der Waals surface area contributed by atoms with Gasteiger partial charge in [-0.2, -0.15) is 15.0 Å². The number of nitrogen functional groups attached to an aromatic ring is 1. The van der Waals surface area contributed by atoms with Crippen molar-refractivity contribution in [3.05, 3.63) is 34.6 Å². The van der Waals surface area contributed by atoms with Crippen molar-refractivity contribution in [1.29, 1.82) is 0 Å². The molecule has 0 aliphatic heterocycles. The van der Waals surface area contributed by atoms with Crippen LogP contribution in [0.1, 0.15) is 5.56 Å². The van der Waals surface area contributed by atoms with E-state index in [0.29, 0.717) is 6.54 Å². The third kappa shape index (κ3) is 3.41. The predicted octanol–water partition coefficient (Wildman–Crippen LogP) is 1.87. The number of anilines is 2. The number of ether oxygens (including phenoxy) is 1. The number of methoxy groups -OCH3 is 1. The van der Waals surface area contributed by atoms with Gasteiger partial charge in [-0.05, 0) is 17.7 Å². The second-order valence-corrected chi connectivity index (χ2v) is 4.01. The van der Waals surface area contributed by atoms with Gasteiger partial charge >= 0.3 is 6.01 Å². The van der Waals surface area contributed by atoms with E-state index < -0.39 is 5.82 Å². The van der Waals surface area contributed by atoms with Crippen LogP contribution in [0.4, 0.5) is 16.3 Å². The Labute approximate surface area is 113 Å². The molecule has 0 amide bonds. The fourth-order valence-corrected chi connectivity index (χ4v) is 1.58. The van der Waals surface area contributed by atoms with Crippen LogP contribution in [0.25, 0.3) is 0 Å². The summed E-state index contributed by atoms with van der Waals surface area (Å²) in [6, 6.07) is 4.54. The molecule has 19 heavy (non-hydrogen) atoms. The van der Waals surface area contributed by atoms with Gasteiger partial charge in [0.05, 0.1) is 12.1 Å². The zero-order valence-corrected chi connectivity index (χ0v) is 10.8. The monoisotopic (exact) mass is 283 g/mol. The van der Waals surface area contributed by atoms with E-state index in [-0.39, 0.29) is 22.9 Å². The number of aromatic nitrogens is 3. The maximum atomic E-state index is 13.0. The van der Waals surface area contributed by atoms with E-state index in [1.807, 2.05) is 0 Å². The maximum Gasteiger partial charge on any atom is 0.322 e. The van der Waals surface area contributed by atoms with Crippen LogP contribution in [0.5, 0.6) is 6.01 Å². The first-order valence-electron chi connectivity index (χ1n) is 5.32. The van der Waals surface area contributed by atoms with Crippen LogP contribution in [0.3, 0.4) is 0 Å². The number of hydrogen-bond acceptors (Lipinski definition) is 6. The van der Waals surface area contributed by atoms with E-state index in [0.717, 1.165) is 5.56 Å². The molecule has 0 bridgehead atoms. The minimum atomic E-state index is -0.462. The van der Waals surface area contributed by atoms with Crippen molar-refractivity contribution in [3.63, 3.8) is 0 Å². The number of nitrogens with two attached hydrogens (primary N) is 1. The van der Waals surface area contributed by atoms with E-state index in [1.165, 1.54) is 19.2 Å². The molecule has 2 aromatic rings. The fourth-order valence-electron chi connectivity index (χ4n) is 1.37. The molecule has 0 atom stereocenters. The Morgan fingerprint density at radius 3 is 2.84 bits per heavy atom. The average Bonchev–Trinajstić information content (AvgIpc) is 2.39. The fraction of sp³-hybridized carbons (Fsp3) is 0.182. The molecule has 0 aliphatic rings. The van der Waals surface area contributed by atoms with Gasteiger partial charge in [0, 0.05) is 6.54 Å². The Morgan fingerprint density at radius 2 is 2.16 bits per heavy atom. The van der Waals surface area contributed by atoms with Crippen molar-refractivity contribution in [2.75, 3.05) is 18.2 Å². The number of halogens is 2. The lowest BCUT2D eigenvalue weighted by Crippen LogP contribution is -2.08. The summed E-state index contributed by atoms with van der Waals surface area (Å²) < 4.78 is 17.9. The molecular weight excluding hydrogens is 273 g/mol. The van der Waals surface area contributed by atoms with Gasteiger partial charge in [0.1, 0.15) is 5.82 Å². The van der Waals surface area contributed by atoms with Gasteiger partial charge in [0.2, 0.25) is 11.9 Å². The highest BCUT2D eigenvalue weighted by molar-refractivity contribution is 6.30. The summed E-state index contributed by atoms with van der Waals surface area (Å²) in [7, 11) is 1.43. The number of rotatable bonds is 4. The lowest BCUT2D eigenvalue weighted by molar-refractivity contribution is 0.379. The lowest BCUT2D eigenvalue weighted by Gasteiger charge is -2.07. The first-order chi connectivity index (χ1) is 9.08. The van der Waals surface area contributed by atoms with Crippen molar-refractivity contribution in [3.8, 4) is 6.01 Å². The molecule has 0 fully saturated rings. The Hall–Kier alpha value is -2.15. The summed E-state index contributed by atoms with van der Waals surface area (Å²) in [5.74, 6) is -0.146. The first-order valence-corrected chi connectivity index (χ1v) is 5.69. The number of nitrogens with one attached hydrogen (secondary N) is 1. The summed E-state index contributed by atoms with van der Waals surface area (Å²) in [4.78, 5) is 11.6. The molecule has 0 saturated heterocycles. The van der Waals surface area contributed by atoms with Gasteiger partial charge in [-0.3, -0.25) is 0 Å². The molecule has 1 aromatic carbocycles. The van der Waals surface area contributed by atoms with E-state index in [2.05, 4.69) is 20.3 Å². The van der Waals surface area contributed by atoms with Gasteiger partial charge in [0.25, 0.3) is 0 Å². The van der Waals surface area contributed by atoms with Crippen LogP contribution in [0, 0.1) is 5.82 Å². The second kappa shape index (κ2) is 5.66. The lowest BCUT2D eigenvalue weighted by atomic mass is 10.2. The molecule has 1 heterocycles. The summed E-state index contributed by atoms with van der Waals surface area (Å²) >= 11 is 5.68. The Morgan fingerprint density at radius 1 is 1.37 bits per heavy atom. The topological polar surface area (TPSA) is 86.0 Å². The highest BCUT2D eigenvalue weighted by atomic mass is 35.5. The molecule has 2 rings (SSSR count). The molecule has 8 heteroatoms. The largest absolute Gasteiger partial charge is 0.467 e. The third-order valence-corrected chi connectivity index (χ3v) is 2.54. The van der Waals surface area contributed by atoms with Gasteiger partial charge < -0.3 is 15.8 Å². The number of hydrogen-bond donors (Lipinski definition) is 2. The van der Waals surface area contributed by atoms with Crippen LogP contribution in [0.2, 0.25) is 5.02 Å². The molecule has 0 radical (unpaired) electrons. The van der Waals surface area contributed by atoms with Crippen LogP contribution >= 0.6 is 11.6 Å². The standard InChI is InChI=1S/C11H11ClFN5O/c1-19-11-17-9(14)16-10(18-11)15-5-6-2-3-8(13)7(12)4-6/h2-4H,5H2,1H3,(H3,14,15,16,17,18). The van der Waals surface area contributed by atoms with Crippen molar-refractivity contribution >= 4 is 23.5 Å². The molecule has 100 valence electrons. The van der Waals surface area contributed by atoms with E-state index in [4.69, 9.17) is 22.1 Å². The summed E-state index contributed by atoms with van der Waals surface area (Å²) in [5, 5.41) is 2.98. The Kier molecular flexibility index (Phi) is 3.96. The normalized spacial score (nSPS) is 10.3. The van der Waals surface area contributed by atoms with Crippen LogP contribution < -0.4 is 15.8 Å². The van der Waals surface area contributed by atoms with Crippen molar-refractivity contribution in [1.82, 2.24) is 15.0 Å². The summed E-state index contributed by atoms with van der Waals surface area (Å²) in [6.07, 6.45) is 0. The minimum Gasteiger partial charge on any atom is -0.467 e. The predicted molar refractivity (Wildman–Crippen MR) is 69.5 cm³/mol. The van der Waals surface area contributed by atoms with Gasteiger partial charge in [-0.1, -0.05) is 17.7 Å². The molecule has 0 unspecified atom stereocenters. The maximum absolute atomic E-state index is 13.0. The number of benzene rings is 1. The highest BCUT2D eigenvalue weighted by Gasteiger charge is 2.05. The molecule has 3 N–H and O–H groups in total. The molecular formula is C11H11ClFN5O. The smallest absolute Gasteiger partial charge is 0.322 e. The summed E-state index contributed by atoms with van der Waals surface area (Å²) in [5.41, 5.74) is 6.28. The van der Waals surface area contributed by atoms with Crippen molar-refractivity contribution in [2.45, 2.75) is 6.54 Å². The molecule has 0 aliphatic carbocycles. The van der Waals surface area contributed by atoms with E-state index >= 15 is 0 Å². The van der Waals surface area contributed by atoms with Gasteiger partial charge in [-0.25, -0.2) is 4.39 Å². The SMILES string of the molecule is COc1nc(N)nc(NCc2ccc(F)c(Cl)c2)n1. The Balaban J connectivity index is 2.09. The van der Waals surface area contributed by atoms with Gasteiger partial charge in [-0.15, -0.1) is 0 Å². The highest BCUT2D eigenvalue weighted by Crippen LogP contribution is 2.17. The summed E-state index contributed by atoms with van der Waals surface area (Å²) in [6.45, 7) is 0.368. The average molecular weight is 284 g/mol. The quantitative estimate of drug-likeness (QED) is 0.891. The van der Waals surface area contributed by atoms with Crippen molar-refractivity contribution < 1.29 is 9.13 Å². The van der Waals surface area contributed by atoms with E-state index in [9.17, 15) is 4.39 Å². The minimum absolute atomic E-state index is 0.0477. The van der Waals surface area contributed by atoms with Crippen LogP contribution in [0.15, 0.2) is 18.2 Å². The van der Waals surface area contributed by atoms with Gasteiger partial charge in [0.15, 0.2) is 0 Å². The number of nitrogens with zero attached hydrogens (tertiary/aromatic N) is 3. The Bertz CT molecular complexity index is 595. The molecule has 1 aromatic heterocycles. The molecule has 0 spiro atoms. The molecule has 0 saturated carbocycles. The second-order valence-electron chi connectivity index (χ2n) is 3.61. The van der Waals surface area contributed by atoms with Crippen LogP contribution in [-0.4, -0.2) is 22.1 Å². The van der Waals surface area contributed by atoms with Crippen LogP contribution in [-0.2, 0) is 6.54 Å². The molecule has 6 nitrogen and oxygen atoms in total. The zero-order valence-electron chi connectivity index (χ0n) is 10.0. The van der Waals surface area contributed by atoms with Crippen molar-refractivity contribution in [2.24, 2.45) is 0 Å². The van der Waals surface area contributed by atoms with E-state index in [1.54, 1.807) is 6.07 Å².